The highest BCUT2D eigenvalue weighted by molar-refractivity contribution is 8.13. The second kappa shape index (κ2) is 14.9. The van der Waals surface area contributed by atoms with E-state index in [0.717, 1.165) is 11.8 Å². The average Bonchev–Trinajstić information content (AvgIpc) is 2.80. The number of nitrogens with one attached hydrogen (secondary N) is 2. The van der Waals surface area contributed by atoms with Crippen molar-refractivity contribution in [2.24, 2.45) is 5.41 Å². The maximum Gasteiger partial charge on any atom is 0.303 e. The van der Waals surface area contributed by atoms with Crippen molar-refractivity contribution in [2.45, 2.75) is 64.4 Å². The summed E-state index contributed by atoms with van der Waals surface area (Å²) in [6.07, 6.45) is -2.32. The van der Waals surface area contributed by atoms with Gasteiger partial charge in [-0.05, 0) is 0 Å². The van der Waals surface area contributed by atoms with Gasteiger partial charge in [0.05, 0.1) is 25.9 Å². The van der Waals surface area contributed by atoms with Gasteiger partial charge in [-0.1, -0.05) is 25.6 Å². The molecule has 36 heavy (non-hydrogen) atoms. The molecule has 0 radical (unpaired) electrons. The van der Waals surface area contributed by atoms with Gasteiger partial charge in [-0.3, -0.25) is 28.8 Å². The molecule has 1 fully saturated rings. The fraction of sp³-hybridized carbons (Fsp3) is 0.727. The molecule has 1 aliphatic rings. The summed E-state index contributed by atoms with van der Waals surface area (Å²) in [7, 11) is 1.29. The standard InChI is InChI=1S/C22H34N2O11S/c1-21(2)13-34-22(33-3,8-6-17(29)30)35-19(21)20(32)24-9-7-15(26)23-10-11-36-18(31)12-14(25)4-5-16(27)28/h19H,4-13H2,1-3H3,(H,23,26)(H,24,32)(H,27,28)(H,29,30)/t19-,22?/m0/s1. The molecular formula is C22H34N2O11S. The summed E-state index contributed by atoms with van der Waals surface area (Å²) in [6.45, 7) is 3.77. The number of methoxy groups -OCH3 is 1. The molecule has 0 aromatic carbocycles. The van der Waals surface area contributed by atoms with Crippen molar-refractivity contribution in [2.75, 3.05) is 32.6 Å². The zero-order valence-electron chi connectivity index (χ0n) is 20.6. The first-order valence-electron chi connectivity index (χ1n) is 11.3. The van der Waals surface area contributed by atoms with Crippen LogP contribution < -0.4 is 10.6 Å². The van der Waals surface area contributed by atoms with Gasteiger partial charge < -0.3 is 35.1 Å². The highest BCUT2D eigenvalue weighted by Crippen LogP contribution is 2.38. The van der Waals surface area contributed by atoms with Crippen LogP contribution in [0.2, 0.25) is 0 Å². The summed E-state index contributed by atoms with van der Waals surface area (Å²) in [5.41, 5.74) is -0.740. The molecule has 1 heterocycles. The summed E-state index contributed by atoms with van der Waals surface area (Å²) >= 11 is 0.867. The smallest absolute Gasteiger partial charge is 0.303 e. The molecular weight excluding hydrogens is 500 g/mol. The zero-order valence-corrected chi connectivity index (χ0v) is 21.4. The number of carboxylic acid groups (broad SMARTS) is 2. The van der Waals surface area contributed by atoms with Crippen LogP contribution in [0.25, 0.3) is 0 Å². The van der Waals surface area contributed by atoms with Crippen LogP contribution in [-0.2, 0) is 43.0 Å². The van der Waals surface area contributed by atoms with E-state index in [1.807, 2.05) is 0 Å². The van der Waals surface area contributed by atoms with Crippen LogP contribution in [0.1, 0.15) is 52.4 Å². The van der Waals surface area contributed by atoms with Gasteiger partial charge in [-0.2, -0.15) is 0 Å². The van der Waals surface area contributed by atoms with Gasteiger partial charge >= 0.3 is 11.9 Å². The van der Waals surface area contributed by atoms with E-state index >= 15 is 0 Å². The van der Waals surface area contributed by atoms with Crippen molar-refractivity contribution >= 4 is 46.4 Å². The maximum atomic E-state index is 12.7. The molecule has 0 saturated carbocycles. The molecule has 2 atom stereocenters. The molecule has 2 amide bonds. The van der Waals surface area contributed by atoms with Gasteiger partial charge in [0.2, 0.25) is 11.8 Å². The monoisotopic (exact) mass is 534 g/mol. The number of aliphatic carboxylic acids is 2. The largest absolute Gasteiger partial charge is 0.481 e. The quantitative estimate of drug-likeness (QED) is 0.156. The first kappa shape index (κ1) is 31.5. The molecule has 1 aliphatic heterocycles. The van der Waals surface area contributed by atoms with Gasteiger partial charge in [0.15, 0.2) is 5.12 Å². The molecule has 0 aliphatic carbocycles. The Morgan fingerprint density at radius 1 is 0.972 bits per heavy atom. The number of carboxylic acids is 2. The van der Waals surface area contributed by atoms with Gasteiger partial charge in [0.1, 0.15) is 11.9 Å². The summed E-state index contributed by atoms with van der Waals surface area (Å²) in [4.78, 5) is 69.3. The minimum atomic E-state index is -1.66. The fourth-order valence-corrected chi connectivity index (χ4v) is 3.83. The Morgan fingerprint density at radius 3 is 2.25 bits per heavy atom. The molecule has 4 N–H and O–H groups in total. The van der Waals surface area contributed by atoms with Crippen LogP contribution in [-0.4, -0.2) is 89.5 Å². The molecule has 0 aromatic heterocycles. The van der Waals surface area contributed by atoms with Crippen molar-refractivity contribution in [1.29, 1.82) is 0 Å². The van der Waals surface area contributed by atoms with E-state index in [1.165, 1.54) is 7.11 Å². The van der Waals surface area contributed by atoms with Gasteiger partial charge in [-0.15, -0.1) is 0 Å². The van der Waals surface area contributed by atoms with Crippen LogP contribution >= 0.6 is 11.8 Å². The lowest BCUT2D eigenvalue weighted by molar-refractivity contribution is -0.425. The molecule has 0 spiro atoms. The molecule has 1 saturated heterocycles. The van der Waals surface area contributed by atoms with Gasteiger partial charge in [-0.25, -0.2) is 0 Å². The Bertz CT molecular complexity index is 833. The van der Waals surface area contributed by atoms with Crippen molar-refractivity contribution in [3.8, 4) is 0 Å². The van der Waals surface area contributed by atoms with E-state index in [2.05, 4.69) is 10.6 Å². The van der Waals surface area contributed by atoms with Crippen LogP contribution in [0, 0.1) is 5.41 Å². The Balaban J connectivity index is 2.37. The van der Waals surface area contributed by atoms with E-state index in [9.17, 15) is 28.8 Å². The number of amides is 2. The summed E-state index contributed by atoms with van der Waals surface area (Å²) in [5.74, 6) is -4.91. The van der Waals surface area contributed by atoms with E-state index < -0.39 is 46.2 Å². The number of ketones is 1. The molecule has 1 unspecified atom stereocenters. The molecule has 14 heteroatoms. The molecule has 0 aromatic rings. The first-order valence-corrected chi connectivity index (χ1v) is 12.3. The maximum absolute atomic E-state index is 12.7. The number of Topliss-reactive ketones (excluding diaryl/α,β-unsaturated/α-hetero) is 1. The second-order valence-corrected chi connectivity index (χ2v) is 9.93. The predicted octanol–water partition coefficient (Wildman–Crippen LogP) is 0.299. The SMILES string of the molecule is COC1(CCC(=O)O)OCC(C)(C)[C@H](C(=O)NCCC(=O)NCCSC(=O)CC(=O)CCC(=O)O)O1. The minimum Gasteiger partial charge on any atom is -0.481 e. The minimum absolute atomic E-state index is 0.0146. The topological polar surface area (TPSA) is 195 Å². The highest BCUT2D eigenvalue weighted by atomic mass is 32.2. The van der Waals surface area contributed by atoms with Crippen LogP contribution in [0.5, 0.6) is 0 Å². The Hall–Kier alpha value is -2.55. The van der Waals surface area contributed by atoms with Crippen molar-refractivity contribution in [1.82, 2.24) is 10.6 Å². The highest BCUT2D eigenvalue weighted by Gasteiger charge is 2.50. The van der Waals surface area contributed by atoms with Crippen molar-refractivity contribution in [3.63, 3.8) is 0 Å². The number of hydrogen-bond acceptors (Lipinski definition) is 10. The number of rotatable bonds is 16. The second-order valence-electron chi connectivity index (χ2n) is 8.78. The Kier molecular flexibility index (Phi) is 13.0. The molecule has 13 nitrogen and oxygen atoms in total. The summed E-state index contributed by atoms with van der Waals surface area (Å²) < 4.78 is 16.6. The third-order valence-electron chi connectivity index (χ3n) is 5.16. The Labute approximate surface area is 213 Å². The predicted molar refractivity (Wildman–Crippen MR) is 126 cm³/mol. The number of ether oxygens (including phenoxy) is 3. The molecule has 204 valence electrons. The third kappa shape index (κ3) is 11.5. The number of carbonyl (C=O) groups is 6. The Morgan fingerprint density at radius 2 is 1.64 bits per heavy atom. The molecule has 1 rings (SSSR count). The zero-order chi connectivity index (χ0) is 27.4. The van der Waals surface area contributed by atoms with E-state index in [4.69, 9.17) is 24.4 Å². The number of hydrogen-bond donors (Lipinski definition) is 4. The lowest BCUT2D eigenvalue weighted by atomic mass is 9.85. The van der Waals surface area contributed by atoms with E-state index in [0.29, 0.717) is 0 Å². The lowest BCUT2D eigenvalue weighted by Gasteiger charge is -2.46. The number of thioether (sulfide) groups is 1. The van der Waals surface area contributed by atoms with Crippen LogP contribution in [0.3, 0.4) is 0 Å². The van der Waals surface area contributed by atoms with Gasteiger partial charge in [0, 0.05) is 50.6 Å². The summed E-state index contributed by atoms with van der Waals surface area (Å²) in [6, 6.07) is 0. The first-order chi connectivity index (χ1) is 16.8. The third-order valence-corrected chi connectivity index (χ3v) is 6.04. The average molecular weight is 535 g/mol. The molecule has 0 bridgehead atoms. The van der Waals surface area contributed by atoms with Gasteiger partial charge in [0.25, 0.3) is 5.97 Å². The van der Waals surface area contributed by atoms with Crippen molar-refractivity contribution < 1.29 is 53.2 Å². The van der Waals surface area contributed by atoms with Crippen LogP contribution in [0.15, 0.2) is 0 Å². The van der Waals surface area contributed by atoms with Crippen LogP contribution in [0.4, 0.5) is 0 Å². The summed E-state index contributed by atoms with van der Waals surface area (Å²) in [5, 5.41) is 22.3. The van der Waals surface area contributed by atoms with Crippen molar-refractivity contribution in [3.05, 3.63) is 0 Å². The lowest BCUT2D eigenvalue weighted by Crippen LogP contribution is -2.59. The van der Waals surface area contributed by atoms with E-state index in [1.54, 1.807) is 13.8 Å². The van der Waals surface area contributed by atoms with E-state index in [-0.39, 0.29) is 69.9 Å². The normalized spacial score (nSPS) is 20.8. The fourth-order valence-electron chi connectivity index (χ4n) is 3.14. The number of carbonyl (C=O) groups excluding carboxylic acids is 4.